The van der Waals surface area contributed by atoms with Crippen molar-refractivity contribution in [1.82, 2.24) is 4.72 Å². The smallest absolute Gasteiger partial charge is 0.264 e. The molecule has 1 N–H and O–H groups in total. The zero-order valence-electron chi connectivity index (χ0n) is 13.4. The number of ether oxygens (including phenoxy) is 1. The van der Waals surface area contributed by atoms with Crippen LogP contribution in [0.1, 0.15) is 17.5 Å². The monoisotopic (exact) mass is 351 g/mol. The molecule has 2 aromatic carbocycles. The molecule has 0 aliphatic heterocycles. The number of carbonyl (C=O) groups excluding carboxylic acids is 1. The van der Waals surface area contributed by atoms with Gasteiger partial charge in [0.25, 0.3) is 10.0 Å². The average molecular weight is 351 g/mol. The summed E-state index contributed by atoms with van der Waals surface area (Å²) in [6, 6.07) is 10.4. The van der Waals surface area contributed by atoms with E-state index in [1.165, 1.54) is 31.4 Å². The van der Waals surface area contributed by atoms with Crippen molar-refractivity contribution in [2.75, 3.05) is 7.11 Å². The number of methoxy groups -OCH3 is 1. The third-order valence-electron chi connectivity index (χ3n) is 3.50. The van der Waals surface area contributed by atoms with Crippen molar-refractivity contribution >= 4 is 15.9 Å². The molecule has 0 saturated heterocycles. The Morgan fingerprint density at radius 1 is 1.21 bits per heavy atom. The molecule has 0 atom stereocenters. The SMILES string of the molecule is COc1ccc(S(=O)(=O)NC(=O)CCc2ccccc2F)cc1C. The van der Waals surface area contributed by atoms with Gasteiger partial charge in [0.15, 0.2) is 0 Å². The number of nitrogens with one attached hydrogen (secondary N) is 1. The summed E-state index contributed by atoms with van der Waals surface area (Å²) in [6.07, 6.45) is -0.00896. The van der Waals surface area contributed by atoms with Gasteiger partial charge in [-0.3, -0.25) is 4.79 Å². The molecule has 5 nitrogen and oxygen atoms in total. The topological polar surface area (TPSA) is 72.5 Å². The Kier molecular flexibility index (Phi) is 5.56. The van der Waals surface area contributed by atoms with Crippen LogP contribution in [0.25, 0.3) is 0 Å². The van der Waals surface area contributed by atoms with E-state index in [1.54, 1.807) is 25.1 Å². The molecule has 0 spiro atoms. The molecule has 2 rings (SSSR count). The molecule has 0 aliphatic rings. The third kappa shape index (κ3) is 4.32. The average Bonchev–Trinajstić information content (AvgIpc) is 2.53. The zero-order chi connectivity index (χ0) is 17.7. The lowest BCUT2D eigenvalue weighted by Crippen LogP contribution is -2.30. The first-order valence-corrected chi connectivity index (χ1v) is 8.75. The largest absolute Gasteiger partial charge is 0.496 e. The van der Waals surface area contributed by atoms with Crippen LogP contribution in [-0.2, 0) is 21.2 Å². The molecule has 7 heteroatoms. The number of sulfonamides is 1. The highest BCUT2D eigenvalue weighted by Gasteiger charge is 2.18. The number of benzene rings is 2. The van der Waals surface area contributed by atoms with E-state index in [0.29, 0.717) is 16.9 Å². The second-order valence-corrected chi connectivity index (χ2v) is 6.93. The summed E-state index contributed by atoms with van der Waals surface area (Å²) in [7, 11) is -2.48. The lowest BCUT2D eigenvalue weighted by Gasteiger charge is -2.10. The molecule has 0 unspecified atom stereocenters. The van der Waals surface area contributed by atoms with Crippen molar-refractivity contribution in [3.63, 3.8) is 0 Å². The van der Waals surface area contributed by atoms with E-state index in [-0.39, 0.29) is 17.7 Å². The normalized spacial score (nSPS) is 11.1. The number of hydrogen-bond donors (Lipinski definition) is 1. The minimum atomic E-state index is -3.97. The Hall–Kier alpha value is -2.41. The molecule has 0 saturated carbocycles. The van der Waals surface area contributed by atoms with Crippen LogP contribution in [-0.4, -0.2) is 21.4 Å². The van der Waals surface area contributed by atoms with Gasteiger partial charge in [0.2, 0.25) is 5.91 Å². The van der Waals surface area contributed by atoms with Gasteiger partial charge < -0.3 is 4.74 Å². The van der Waals surface area contributed by atoms with Gasteiger partial charge in [-0.2, -0.15) is 0 Å². The number of hydrogen-bond acceptors (Lipinski definition) is 4. The number of rotatable bonds is 6. The second kappa shape index (κ2) is 7.44. The van der Waals surface area contributed by atoms with Crippen molar-refractivity contribution in [3.8, 4) is 5.75 Å². The molecule has 24 heavy (non-hydrogen) atoms. The van der Waals surface area contributed by atoms with Gasteiger partial charge in [-0.1, -0.05) is 18.2 Å². The van der Waals surface area contributed by atoms with Crippen LogP contribution in [0.4, 0.5) is 4.39 Å². The van der Waals surface area contributed by atoms with Crippen molar-refractivity contribution < 1.29 is 22.3 Å². The predicted molar refractivity (Wildman–Crippen MR) is 87.8 cm³/mol. The van der Waals surface area contributed by atoms with Crippen LogP contribution in [0.3, 0.4) is 0 Å². The van der Waals surface area contributed by atoms with Gasteiger partial charge in [-0.15, -0.1) is 0 Å². The first kappa shape index (κ1) is 17.9. The predicted octanol–water partition coefficient (Wildman–Crippen LogP) is 2.58. The summed E-state index contributed by atoms with van der Waals surface area (Å²) in [5.41, 5.74) is 1.00. The summed E-state index contributed by atoms with van der Waals surface area (Å²) in [6.45, 7) is 1.71. The molecule has 2 aromatic rings. The Balaban J connectivity index is 2.04. The van der Waals surface area contributed by atoms with Gasteiger partial charge in [-0.05, 0) is 48.7 Å². The van der Waals surface area contributed by atoms with Gasteiger partial charge in [-0.25, -0.2) is 17.5 Å². The maximum atomic E-state index is 13.5. The molecule has 128 valence electrons. The third-order valence-corrected chi connectivity index (χ3v) is 4.87. The van der Waals surface area contributed by atoms with E-state index >= 15 is 0 Å². The van der Waals surface area contributed by atoms with Crippen molar-refractivity contribution in [3.05, 3.63) is 59.4 Å². The van der Waals surface area contributed by atoms with Crippen LogP contribution in [0.5, 0.6) is 5.75 Å². The molecule has 0 bridgehead atoms. The van der Waals surface area contributed by atoms with E-state index in [1.807, 2.05) is 4.72 Å². The fourth-order valence-corrected chi connectivity index (χ4v) is 3.33. The summed E-state index contributed by atoms with van der Waals surface area (Å²) < 4.78 is 45.0. The molecule has 0 aromatic heterocycles. The van der Waals surface area contributed by atoms with Crippen LogP contribution in [0.2, 0.25) is 0 Å². The quantitative estimate of drug-likeness (QED) is 0.868. The van der Waals surface area contributed by atoms with Gasteiger partial charge >= 0.3 is 0 Å². The van der Waals surface area contributed by atoms with E-state index in [4.69, 9.17) is 4.74 Å². The van der Waals surface area contributed by atoms with Crippen molar-refractivity contribution in [1.29, 1.82) is 0 Å². The second-order valence-electron chi connectivity index (χ2n) is 5.25. The molecule has 1 amide bonds. The maximum Gasteiger partial charge on any atom is 0.264 e. The minimum absolute atomic E-state index is 0.0277. The zero-order valence-corrected chi connectivity index (χ0v) is 14.2. The lowest BCUT2D eigenvalue weighted by molar-refractivity contribution is -0.119. The number of halogens is 1. The summed E-state index contributed by atoms with van der Waals surface area (Å²) >= 11 is 0. The highest BCUT2D eigenvalue weighted by molar-refractivity contribution is 7.90. The Bertz CT molecular complexity index is 849. The molecule has 0 heterocycles. The maximum absolute atomic E-state index is 13.5. The fourth-order valence-electron chi connectivity index (χ4n) is 2.23. The van der Waals surface area contributed by atoms with Gasteiger partial charge in [0.05, 0.1) is 12.0 Å². The fraction of sp³-hybridized carbons (Fsp3) is 0.235. The first-order chi connectivity index (χ1) is 11.3. The van der Waals surface area contributed by atoms with Crippen LogP contribution in [0.15, 0.2) is 47.4 Å². The number of amides is 1. The molecular weight excluding hydrogens is 333 g/mol. The number of aryl methyl sites for hydroxylation is 2. The Morgan fingerprint density at radius 3 is 2.54 bits per heavy atom. The summed E-state index contributed by atoms with van der Waals surface area (Å²) in [4.78, 5) is 11.9. The van der Waals surface area contributed by atoms with Crippen LogP contribution in [0, 0.1) is 12.7 Å². The first-order valence-electron chi connectivity index (χ1n) is 7.27. The van der Waals surface area contributed by atoms with Gasteiger partial charge in [0, 0.05) is 6.42 Å². The van der Waals surface area contributed by atoms with E-state index in [0.717, 1.165) is 0 Å². The molecule has 0 aliphatic carbocycles. The highest BCUT2D eigenvalue weighted by Crippen LogP contribution is 2.21. The highest BCUT2D eigenvalue weighted by atomic mass is 32.2. The Labute approximate surface area is 140 Å². The number of carbonyl (C=O) groups is 1. The van der Waals surface area contributed by atoms with Gasteiger partial charge in [0.1, 0.15) is 11.6 Å². The standard InChI is InChI=1S/C17H18FNO4S/c1-12-11-14(8-9-16(12)23-2)24(21,22)19-17(20)10-7-13-5-3-4-6-15(13)18/h3-6,8-9,11H,7,10H2,1-2H3,(H,19,20). The Morgan fingerprint density at radius 2 is 1.92 bits per heavy atom. The molecule has 0 fully saturated rings. The van der Waals surface area contributed by atoms with E-state index < -0.39 is 21.7 Å². The van der Waals surface area contributed by atoms with Crippen LogP contribution >= 0.6 is 0 Å². The summed E-state index contributed by atoms with van der Waals surface area (Å²) in [5, 5.41) is 0. The minimum Gasteiger partial charge on any atom is -0.496 e. The molecule has 0 radical (unpaired) electrons. The summed E-state index contributed by atoms with van der Waals surface area (Å²) in [5.74, 6) is -0.550. The van der Waals surface area contributed by atoms with E-state index in [9.17, 15) is 17.6 Å². The van der Waals surface area contributed by atoms with Crippen molar-refractivity contribution in [2.45, 2.75) is 24.7 Å². The lowest BCUT2D eigenvalue weighted by atomic mass is 10.1. The van der Waals surface area contributed by atoms with Crippen LogP contribution < -0.4 is 9.46 Å². The van der Waals surface area contributed by atoms with Crippen molar-refractivity contribution in [2.24, 2.45) is 0 Å². The molecular formula is C17H18FNO4S. The van der Waals surface area contributed by atoms with E-state index in [2.05, 4.69) is 0 Å².